The van der Waals surface area contributed by atoms with Crippen molar-refractivity contribution >= 4 is 23.2 Å². The first-order valence-electron chi connectivity index (χ1n) is 7.16. The van der Waals surface area contributed by atoms with Crippen molar-refractivity contribution in [2.45, 2.75) is 46.1 Å². The first-order chi connectivity index (χ1) is 9.74. The van der Waals surface area contributed by atoms with Gasteiger partial charge >= 0.3 is 6.09 Å². The summed E-state index contributed by atoms with van der Waals surface area (Å²) in [5.74, 6) is 0.0668. The first kappa shape index (κ1) is 15.9. The Kier molecular flexibility index (Phi) is 4.66. The fourth-order valence-electron chi connectivity index (χ4n) is 2.29. The lowest BCUT2D eigenvalue weighted by atomic mass is 10.0. The average molecular weight is 310 g/mol. The number of hydrogen-bond acceptors (Lipinski definition) is 5. The Hall–Kier alpha value is -1.43. The number of amides is 1. The van der Waals surface area contributed by atoms with E-state index in [1.54, 1.807) is 4.90 Å². The number of carbonyl (C=O) groups is 2. The van der Waals surface area contributed by atoms with E-state index in [1.807, 2.05) is 33.1 Å². The quantitative estimate of drug-likeness (QED) is 0.861. The van der Waals surface area contributed by atoms with E-state index in [4.69, 9.17) is 4.74 Å². The van der Waals surface area contributed by atoms with Gasteiger partial charge in [-0.25, -0.2) is 9.78 Å². The lowest BCUT2D eigenvalue weighted by Gasteiger charge is -2.24. The fraction of sp³-hybridized carbons (Fsp3) is 0.667. The molecule has 0 saturated carbocycles. The van der Waals surface area contributed by atoms with Crippen LogP contribution in [0.4, 0.5) is 4.79 Å². The van der Waals surface area contributed by atoms with E-state index in [-0.39, 0.29) is 17.8 Å². The monoisotopic (exact) mass is 310 g/mol. The maximum absolute atomic E-state index is 12.3. The van der Waals surface area contributed by atoms with E-state index in [0.29, 0.717) is 25.9 Å². The summed E-state index contributed by atoms with van der Waals surface area (Å²) in [7, 11) is 0. The number of carbonyl (C=O) groups excluding carboxylic acids is 2. The second-order valence-corrected chi connectivity index (χ2v) is 7.38. The normalized spacial score (nSPS) is 18.9. The summed E-state index contributed by atoms with van der Waals surface area (Å²) in [6, 6.07) is 0. The molecule has 1 atom stereocenters. The Morgan fingerprint density at radius 2 is 2.19 bits per heavy atom. The molecule has 2 rings (SSSR count). The van der Waals surface area contributed by atoms with Crippen LogP contribution in [0.15, 0.2) is 5.38 Å². The molecule has 0 aliphatic carbocycles. The highest BCUT2D eigenvalue weighted by atomic mass is 32.1. The van der Waals surface area contributed by atoms with E-state index in [1.165, 1.54) is 11.3 Å². The topological polar surface area (TPSA) is 59.5 Å². The van der Waals surface area contributed by atoms with Gasteiger partial charge in [-0.3, -0.25) is 4.79 Å². The third kappa shape index (κ3) is 4.52. The first-order valence-corrected chi connectivity index (χ1v) is 8.04. The summed E-state index contributed by atoms with van der Waals surface area (Å²) in [6.07, 6.45) is 0.746. The van der Waals surface area contributed by atoms with Gasteiger partial charge in [-0.15, -0.1) is 11.3 Å². The van der Waals surface area contributed by atoms with Gasteiger partial charge in [0.1, 0.15) is 16.4 Å². The third-order valence-electron chi connectivity index (χ3n) is 3.29. The molecule has 2 heterocycles. The Bertz CT molecular complexity index is 533. The van der Waals surface area contributed by atoms with Gasteiger partial charge in [0.15, 0.2) is 0 Å². The minimum atomic E-state index is -0.502. The van der Waals surface area contributed by atoms with Crippen LogP contribution in [-0.2, 0) is 16.0 Å². The lowest BCUT2D eigenvalue weighted by Crippen LogP contribution is -2.36. The molecule has 116 valence electrons. The molecule has 1 aliphatic heterocycles. The molecule has 0 aromatic carbocycles. The van der Waals surface area contributed by atoms with Crippen LogP contribution in [0.1, 0.15) is 37.9 Å². The molecule has 1 amide bonds. The maximum Gasteiger partial charge on any atom is 0.410 e. The second kappa shape index (κ2) is 6.13. The van der Waals surface area contributed by atoms with Crippen molar-refractivity contribution in [2.24, 2.45) is 5.92 Å². The SMILES string of the molecule is Cc1csc(CC(=O)C2CCN(C(=O)OC(C)(C)C)C2)n1. The number of ether oxygens (including phenoxy) is 1. The predicted molar refractivity (Wildman–Crippen MR) is 81.5 cm³/mol. The predicted octanol–water partition coefficient (Wildman–Crippen LogP) is 2.82. The minimum absolute atomic E-state index is 0.0956. The number of thiazole rings is 1. The molecule has 1 unspecified atom stereocenters. The number of likely N-dealkylation sites (tertiary alicyclic amines) is 1. The zero-order valence-corrected chi connectivity index (χ0v) is 13.8. The van der Waals surface area contributed by atoms with Crippen LogP contribution >= 0.6 is 11.3 Å². The van der Waals surface area contributed by atoms with Crippen LogP contribution in [-0.4, -0.2) is 40.5 Å². The summed E-state index contributed by atoms with van der Waals surface area (Å²) in [4.78, 5) is 30.2. The average Bonchev–Trinajstić information content (AvgIpc) is 2.96. The molecule has 5 nitrogen and oxygen atoms in total. The highest BCUT2D eigenvalue weighted by Gasteiger charge is 2.33. The molecule has 6 heteroatoms. The summed E-state index contributed by atoms with van der Waals surface area (Å²) in [5.41, 5.74) is 0.446. The van der Waals surface area contributed by atoms with Crippen molar-refractivity contribution in [3.8, 4) is 0 Å². The molecule has 21 heavy (non-hydrogen) atoms. The number of Topliss-reactive ketones (excluding diaryl/α,β-unsaturated/α-hetero) is 1. The Morgan fingerprint density at radius 3 is 2.76 bits per heavy atom. The van der Waals surface area contributed by atoms with Crippen LogP contribution in [0.3, 0.4) is 0 Å². The molecule has 1 aromatic heterocycles. The van der Waals surface area contributed by atoms with Crippen LogP contribution in [0.2, 0.25) is 0 Å². The fourth-order valence-corrected chi connectivity index (χ4v) is 3.07. The summed E-state index contributed by atoms with van der Waals surface area (Å²) in [6.45, 7) is 8.49. The van der Waals surface area contributed by atoms with Crippen molar-refractivity contribution in [3.63, 3.8) is 0 Å². The second-order valence-electron chi connectivity index (χ2n) is 6.44. The Labute approximate surface area is 129 Å². The molecule has 0 radical (unpaired) electrons. The number of nitrogens with zero attached hydrogens (tertiary/aromatic N) is 2. The van der Waals surface area contributed by atoms with E-state index in [0.717, 1.165) is 10.7 Å². The van der Waals surface area contributed by atoms with Crippen molar-refractivity contribution in [2.75, 3.05) is 13.1 Å². The summed E-state index contributed by atoms with van der Waals surface area (Å²) >= 11 is 1.51. The van der Waals surface area contributed by atoms with Crippen molar-refractivity contribution in [3.05, 3.63) is 16.1 Å². The molecule has 0 bridgehead atoms. The molecule has 1 aromatic rings. The van der Waals surface area contributed by atoms with Gasteiger partial charge in [-0.2, -0.15) is 0 Å². The van der Waals surface area contributed by atoms with Gasteiger partial charge in [0.2, 0.25) is 0 Å². The van der Waals surface area contributed by atoms with Crippen LogP contribution in [0.25, 0.3) is 0 Å². The van der Waals surface area contributed by atoms with E-state index in [2.05, 4.69) is 4.98 Å². The van der Waals surface area contributed by atoms with Gasteiger partial charge in [-0.05, 0) is 34.1 Å². The van der Waals surface area contributed by atoms with E-state index in [9.17, 15) is 9.59 Å². The smallest absolute Gasteiger partial charge is 0.410 e. The molecule has 0 spiro atoms. The van der Waals surface area contributed by atoms with Crippen molar-refractivity contribution in [1.82, 2.24) is 9.88 Å². The van der Waals surface area contributed by atoms with Crippen molar-refractivity contribution < 1.29 is 14.3 Å². The number of rotatable bonds is 3. The van der Waals surface area contributed by atoms with Crippen LogP contribution < -0.4 is 0 Å². The summed E-state index contributed by atoms with van der Waals surface area (Å²) < 4.78 is 5.34. The molecule has 1 fully saturated rings. The largest absolute Gasteiger partial charge is 0.444 e. The third-order valence-corrected chi connectivity index (χ3v) is 4.25. The van der Waals surface area contributed by atoms with Crippen LogP contribution in [0, 0.1) is 12.8 Å². The van der Waals surface area contributed by atoms with Gasteiger partial charge in [0.05, 0.1) is 6.42 Å². The zero-order valence-electron chi connectivity index (χ0n) is 13.0. The van der Waals surface area contributed by atoms with Gasteiger partial charge < -0.3 is 9.64 Å². The molecule has 0 N–H and O–H groups in total. The molecule has 1 aliphatic rings. The molecule has 1 saturated heterocycles. The maximum atomic E-state index is 12.3. The summed E-state index contributed by atoms with van der Waals surface area (Å²) in [5, 5.41) is 2.80. The van der Waals surface area contributed by atoms with E-state index >= 15 is 0 Å². The van der Waals surface area contributed by atoms with Gasteiger partial charge in [0, 0.05) is 30.1 Å². The minimum Gasteiger partial charge on any atom is -0.444 e. The van der Waals surface area contributed by atoms with Gasteiger partial charge in [0.25, 0.3) is 0 Å². The highest BCUT2D eigenvalue weighted by Crippen LogP contribution is 2.22. The zero-order chi connectivity index (χ0) is 15.6. The number of aromatic nitrogens is 1. The molecular formula is C15H22N2O3S. The number of hydrogen-bond donors (Lipinski definition) is 0. The van der Waals surface area contributed by atoms with Crippen LogP contribution in [0.5, 0.6) is 0 Å². The van der Waals surface area contributed by atoms with E-state index < -0.39 is 5.60 Å². The van der Waals surface area contributed by atoms with Crippen molar-refractivity contribution in [1.29, 1.82) is 0 Å². The highest BCUT2D eigenvalue weighted by molar-refractivity contribution is 7.09. The van der Waals surface area contributed by atoms with Gasteiger partial charge in [-0.1, -0.05) is 0 Å². The lowest BCUT2D eigenvalue weighted by molar-refractivity contribution is -0.121. The standard InChI is InChI=1S/C15H22N2O3S/c1-10-9-21-13(16-10)7-12(18)11-5-6-17(8-11)14(19)20-15(2,3)4/h9,11H,5-8H2,1-4H3. The number of ketones is 1. The Balaban J connectivity index is 1.87. The number of aryl methyl sites for hydroxylation is 1. The molecular weight excluding hydrogens is 288 g/mol. The Morgan fingerprint density at radius 1 is 1.48 bits per heavy atom.